The second-order valence-corrected chi connectivity index (χ2v) is 4.43. The molecule has 1 amide bonds. The van der Waals surface area contributed by atoms with Crippen molar-refractivity contribution in [1.29, 1.82) is 0 Å². The van der Waals surface area contributed by atoms with Crippen molar-refractivity contribution in [2.24, 2.45) is 0 Å². The Hall–Kier alpha value is -1.55. The van der Waals surface area contributed by atoms with Crippen molar-refractivity contribution in [3.8, 4) is 0 Å². The van der Waals surface area contributed by atoms with Crippen LogP contribution < -0.4 is 10.6 Å². The minimum atomic E-state index is 0.00487. The van der Waals surface area contributed by atoms with Gasteiger partial charge in [0.2, 0.25) is 5.91 Å². The van der Waals surface area contributed by atoms with E-state index in [-0.39, 0.29) is 5.91 Å². The van der Waals surface area contributed by atoms with Crippen LogP contribution in [0.4, 0.5) is 5.69 Å². The van der Waals surface area contributed by atoms with E-state index in [1.54, 1.807) is 7.11 Å². The molecule has 100 valence electrons. The first kappa shape index (κ1) is 14.5. The lowest BCUT2D eigenvalue weighted by Gasteiger charge is -2.09. The highest BCUT2D eigenvalue weighted by Crippen LogP contribution is 2.13. The number of ether oxygens (including phenoxy) is 1. The molecule has 0 aliphatic heterocycles. The van der Waals surface area contributed by atoms with Gasteiger partial charge in [-0.1, -0.05) is 6.07 Å². The van der Waals surface area contributed by atoms with Crippen LogP contribution in [0.25, 0.3) is 0 Å². The molecule has 1 rings (SSSR count). The van der Waals surface area contributed by atoms with Crippen LogP contribution in [0, 0.1) is 13.8 Å². The van der Waals surface area contributed by atoms with E-state index in [1.807, 2.05) is 26.0 Å². The van der Waals surface area contributed by atoms with Crippen LogP contribution in [0.15, 0.2) is 18.2 Å². The molecule has 0 aromatic heterocycles. The Balaban J connectivity index is 2.29. The Morgan fingerprint density at radius 1 is 1.22 bits per heavy atom. The van der Waals surface area contributed by atoms with Gasteiger partial charge in [-0.3, -0.25) is 4.79 Å². The predicted molar refractivity (Wildman–Crippen MR) is 73.9 cm³/mol. The standard InChI is InChI=1S/C14H22N2O2/c1-11-7-12(2)9-13(8-11)16-10-14(17)15-5-4-6-18-3/h7-9,16H,4-6,10H2,1-3H3,(H,15,17). The molecule has 18 heavy (non-hydrogen) atoms. The molecule has 0 heterocycles. The van der Waals surface area contributed by atoms with Crippen LogP contribution in [0.5, 0.6) is 0 Å². The number of rotatable bonds is 7. The van der Waals surface area contributed by atoms with Crippen LogP contribution in [-0.4, -0.2) is 32.7 Å². The van der Waals surface area contributed by atoms with Crippen molar-refractivity contribution in [2.45, 2.75) is 20.3 Å². The number of amides is 1. The smallest absolute Gasteiger partial charge is 0.239 e. The number of carbonyl (C=O) groups is 1. The molecule has 0 aliphatic carbocycles. The van der Waals surface area contributed by atoms with Gasteiger partial charge in [0, 0.05) is 25.9 Å². The molecule has 0 saturated carbocycles. The van der Waals surface area contributed by atoms with Gasteiger partial charge in [-0.2, -0.15) is 0 Å². The van der Waals surface area contributed by atoms with Gasteiger partial charge in [0.25, 0.3) is 0 Å². The first-order valence-electron chi connectivity index (χ1n) is 6.19. The normalized spacial score (nSPS) is 10.2. The van der Waals surface area contributed by atoms with Gasteiger partial charge in [-0.25, -0.2) is 0 Å². The fourth-order valence-electron chi connectivity index (χ4n) is 1.77. The van der Waals surface area contributed by atoms with E-state index >= 15 is 0 Å². The van der Waals surface area contributed by atoms with E-state index in [0.29, 0.717) is 19.7 Å². The molecule has 2 N–H and O–H groups in total. The second-order valence-electron chi connectivity index (χ2n) is 4.43. The average molecular weight is 250 g/mol. The lowest BCUT2D eigenvalue weighted by molar-refractivity contribution is -0.119. The fraction of sp³-hybridized carbons (Fsp3) is 0.500. The van der Waals surface area contributed by atoms with Crippen molar-refractivity contribution in [3.63, 3.8) is 0 Å². The quantitative estimate of drug-likeness (QED) is 0.726. The van der Waals surface area contributed by atoms with E-state index in [4.69, 9.17) is 4.74 Å². The third-order valence-electron chi connectivity index (χ3n) is 2.52. The molecule has 1 aromatic carbocycles. The van der Waals surface area contributed by atoms with Crippen LogP contribution in [0.3, 0.4) is 0 Å². The number of aryl methyl sites for hydroxylation is 2. The van der Waals surface area contributed by atoms with Crippen LogP contribution in [-0.2, 0) is 9.53 Å². The van der Waals surface area contributed by atoms with E-state index in [0.717, 1.165) is 12.1 Å². The Morgan fingerprint density at radius 3 is 2.50 bits per heavy atom. The van der Waals surface area contributed by atoms with Gasteiger partial charge in [0.1, 0.15) is 0 Å². The summed E-state index contributed by atoms with van der Waals surface area (Å²) in [7, 11) is 1.66. The molecule has 0 saturated heterocycles. The summed E-state index contributed by atoms with van der Waals surface area (Å²) in [6.45, 7) is 5.72. The van der Waals surface area contributed by atoms with Crippen molar-refractivity contribution < 1.29 is 9.53 Å². The molecule has 4 nitrogen and oxygen atoms in total. The summed E-state index contributed by atoms with van der Waals surface area (Å²) < 4.78 is 4.91. The Kier molecular flexibility index (Phi) is 6.22. The lowest BCUT2D eigenvalue weighted by Crippen LogP contribution is -2.31. The van der Waals surface area contributed by atoms with Gasteiger partial charge in [-0.05, 0) is 43.5 Å². The molecule has 4 heteroatoms. The third-order valence-corrected chi connectivity index (χ3v) is 2.52. The van der Waals surface area contributed by atoms with Crippen LogP contribution in [0.1, 0.15) is 17.5 Å². The van der Waals surface area contributed by atoms with Crippen molar-refractivity contribution in [1.82, 2.24) is 5.32 Å². The number of nitrogens with one attached hydrogen (secondary N) is 2. The number of carbonyl (C=O) groups excluding carboxylic acids is 1. The Morgan fingerprint density at radius 2 is 1.89 bits per heavy atom. The number of anilines is 1. The molecular weight excluding hydrogens is 228 g/mol. The molecular formula is C14H22N2O2. The zero-order valence-corrected chi connectivity index (χ0v) is 11.4. The summed E-state index contributed by atoms with van der Waals surface area (Å²) in [6.07, 6.45) is 0.839. The number of methoxy groups -OCH3 is 1. The van der Waals surface area contributed by atoms with Crippen molar-refractivity contribution in [2.75, 3.05) is 32.1 Å². The maximum absolute atomic E-state index is 11.5. The molecule has 0 bridgehead atoms. The van der Waals surface area contributed by atoms with E-state index in [2.05, 4.69) is 16.7 Å². The van der Waals surface area contributed by atoms with E-state index in [1.165, 1.54) is 11.1 Å². The maximum Gasteiger partial charge on any atom is 0.239 e. The van der Waals surface area contributed by atoms with E-state index < -0.39 is 0 Å². The Bertz CT molecular complexity index is 371. The number of hydrogen-bond donors (Lipinski definition) is 2. The number of benzene rings is 1. The summed E-state index contributed by atoms with van der Waals surface area (Å²) in [6, 6.07) is 6.17. The molecule has 0 atom stereocenters. The highest BCUT2D eigenvalue weighted by molar-refractivity contribution is 5.80. The molecule has 0 unspecified atom stereocenters. The van der Waals surface area contributed by atoms with Gasteiger partial charge >= 0.3 is 0 Å². The summed E-state index contributed by atoms with van der Waals surface area (Å²) >= 11 is 0. The summed E-state index contributed by atoms with van der Waals surface area (Å²) in [5.74, 6) is 0.00487. The zero-order chi connectivity index (χ0) is 13.4. The summed E-state index contributed by atoms with van der Waals surface area (Å²) in [5.41, 5.74) is 3.37. The number of hydrogen-bond acceptors (Lipinski definition) is 3. The van der Waals surface area contributed by atoms with Crippen LogP contribution >= 0.6 is 0 Å². The van der Waals surface area contributed by atoms with Gasteiger partial charge in [-0.15, -0.1) is 0 Å². The predicted octanol–water partition coefficient (Wildman–Crippen LogP) is 1.87. The monoisotopic (exact) mass is 250 g/mol. The van der Waals surface area contributed by atoms with Gasteiger partial charge in [0.05, 0.1) is 6.54 Å². The molecule has 0 radical (unpaired) electrons. The maximum atomic E-state index is 11.5. The van der Waals surface area contributed by atoms with Gasteiger partial charge < -0.3 is 15.4 Å². The van der Waals surface area contributed by atoms with Crippen molar-refractivity contribution in [3.05, 3.63) is 29.3 Å². The zero-order valence-electron chi connectivity index (χ0n) is 11.4. The highest BCUT2D eigenvalue weighted by atomic mass is 16.5. The summed E-state index contributed by atoms with van der Waals surface area (Å²) in [4.78, 5) is 11.5. The third kappa shape index (κ3) is 5.68. The lowest BCUT2D eigenvalue weighted by atomic mass is 10.1. The molecule has 0 fully saturated rings. The van der Waals surface area contributed by atoms with Gasteiger partial charge in [0.15, 0.2) is 0 Å². The SMILES string of the molecule is COCCCNC(=O)CNc1cc(C)cc(C)c1. The summed E-state index contributed by atoms with van der Waals surface area (Å²) in [5, 5.41) is 5.96. The topological polar surface area (TPSA) is 50.4 Å². The Labute approximate surface area is 109 Å². The highest BCUT2D eigenvalue weighted by Gasteiger charge is 2.01. The fourth-order valence-corrected chi connectivity index (χ4v) is 1.77. The largest absolute Gasteiger partial charge is 0.385 e. The minimum absolute atomic E-state index is 0.00487. The molecule has 0 aliphatic rings. The first-order chi connectivity index (χ1) is 8.61. The molecule has 1 aromatic rings. The molecule has 0 spiro atoms. The minimum Gasteiger partial charge on any atom is -0.385 e. The average Bonchev–Trinajstić information content (AvgIpc) is 2.31. The van der Waals surface area contributed by atoms with E-state index in [9.17, 15) is 4.79 Å². The second kappa shape index (κ2) is 7.71. The van der Waals surface area contributed by atoms with Crippen molar-refractivity contribution >= 4 is 11.6 Å². The first-order valence-corrected chi connectivity index (χ1v) is 6.19. The van der Waals surface area contributed by atoms with Crippen LogP contribution in [0.2, 0.25) is 0 Å².